The Morgan fingerprint density at radius 1 is 1.54 bits per heavy atom. The van der Waals surface area contributed by atoms with E-state index in [0.29, 0.717) is 13.0 Å². The van der Waals surface area contributed by atoms with Crippen molar-refractivity contribution in [3.63, 3.8) is 0 Å². The van der Waals surface area contributed by atoms with E-state index in [2.05, 4.69) is 5.32 Å². The third-order valence-corrected chi connectivity index (χ3v) is 1.49. The van der Waals surface area contributed by atoms with Crippen molar-refractivity contribution < 1.29 is 4.79 Å². The summed E-state index contributed by atoms with van der Waals surface area (Å²) in [4.78, 5) is 11.2. The summed E-state index contributed by atoms with van der Waals surface area (Å²) in [5.41, 5.74) is 5.28. The van der Waals surface area contributed by atoms with E-state index in [1.807, 2.05) is 32.9 Å². The zero-order valence-electron chi connectivity index (χ0n) is 8.76. The molecular formula is C10H20N2O. The largest absolute Gasteiger partial charge is 0.356 e. The first kappa shape index (κ1) is 12.2. The van der Waals surface area contributed by atoms with E-state index in [0.717, 1.165) is 6.42 Å². The van der Waals surface area contributed by atoms with Gasteiger partial charge in [-0.15, -0.1) is 0 Å². The Hall–Kier alpha value is -0.830. The molecule has 0 fully saturated rings. The van der Waals surface area contributed by atoms with Crippen LogP contribution in [-0.2, 0) is 4.79 Å². The Morgan fingerprint density at radius 2 is 2.15 bits per heavy atom. The molecule has 0 saturated heterocycles. The van der Waals surface area contributed by atoms with Gasteiger partial charge in [-0.1, -0.05) is 12.2 Å². The molecule has 76 valence electrons. The minimum atomic E-state index is -0.412. The van der Waals surface area contributed by atoms with Crippen LogP contribution in [0.4, 0.5) is 0 Å². The highest BCUT2D eigenvalue weighted by Crippen LogP contribution is 2.02. The molecule has 0 unspecified atom stereocenters. The van der Waals surface area contributed by atoms with Gasteiger partial charge in [0.05, 0.1) is 0 Å². The molecule has 0 rings (SSSR count). The number of rotatable bonds is 5. The van der Waals surface area contributed by atoms with Crippen molar-refractivity contribution in [1.29, 1.82) is 0 Å². The van der Waals surface area contributed by atoms with Gasteiger partial charge in [-0.3, -0.25) is 4.79 Å². The van der Waals surface area contributed by atoms with Crippen molar-refractivity contribution >= 4 is 5.91 Å². The average Bonchev–Trinajstić information content (AvgIpc) is 1.94. The Bertz CT molecular complexity index is 180. The van der Waals surface area contributed by atoms with Crippen LogP contribution >= 0.6 is 0 Å². The number of carbonyl (C=O) groups excluding carboxylic acids is 1. The number of allylic oxidation sites excluding steroid dienone is 1. The fourth-order valence-corrected chi connectivity index (χ4v) is 0.938. The minimum absolute atomic E-state index is 0.0250. The number of carbonyl (C=O) groups is 1. The van der Waals surface area contributed by atoms with E-state index in [4.69, 9.17) is 5.73 Å². The van der Waals surface area contributed by atoms with Gasteiger partial charge < -0.3 is 11.1 Å². The van der Waals surface area contributed by atoms with Gasteiger partial charge in [0.1, 0.15) is 0 Å². The smallest absolute Gasteiger partial charge is 0.221 e. The average molecular weight is 184 g/mol. The van der Waals surface area contributed by atoms with Gasteiger partial charge in [0.15, 0.2) is 0 Å². The van der Waals surface area contributed by atoms with E-state index in [1.54, 1.807) is 0 Å². The molecule has 0 aliphatic rings. The van der Waals surface area contributed by atoms with Crippen LogP contribution in [0.1, 0.15) is 33.6 Å². The molecule has 0 bridgehead atoms. The molecule has 0 aromatic carbocycles. The molecule has 0 atom stereocenters. The molecule has 3 N–H and O–H groups in total. The monoisotopic (exact) mass is 184 g/mol. The van der Waals surface area contributed by atoms with E-state index < -0.39 is 5.54 Å². The highest BCUT2D eigenvalue weighted by molar-refractivity contribution is 5.76. The summed E-state index contributed by atoms with van der Waals surface area (Å²) in [5, 5.41) is 2.80. The first-order valence-electron chi connectivity index (χ1n) is 4.62. The number of nitrogens with one attached hydrogen (secondary N) is 1. The Labute approximate surface area is 80.4 Å². The van der Waals surface area contributed by atoms with Gasteiger partial charge in [0, 0.05) is 18.5 Å². The summed E-state index contributed by atoms with van der Waals surface area (Å²) >= 11 is 0. The molecule has 0 heterocycles. The molecule has 0 spiro atoms. The summed E-state index contributed by atoms with van der Waals surface area (Å²) in [6.07, 6.45) is 5.25. The van der Waals surface area contributed by atoms with Crippen LogP contribution in [0.2, 0.25) is 0 Å². The number of hydrogen-bond donors (Lipinski definition) is 2. The lowest BCUT2D eigenvalue weighted by Gasteiger charge is -2.17. The second-order valence-electron chi connectivity index (χ2n) is 3.87. The normalized spacial score (nSPS) is 12.0. The molecule has 0 saturated carbocycles. The highest BCUT2D eigenvalue weighted by atomic mass is 16.1. The second kappa shape index (κ2) is 5.75. The van der Waals surface area contributed by atoms with E-state index >= 15 is 0 Å². The van der Waals surface area contributed by atoms with Crippen molar-refractivity contribution in [2.24, 2.45) is 5.73 Å². The zero-order valence-corrected chi connectivity index (χ0v) is 8.76. The maximum absolute atomic E-state index is 11.2. The summed E-state index contributed by atoms with van der Waals surface area (Å²) in [6, 6.07) is 0. The molecule has 3 nitrogen and oxygen atoms in total. The van der Waals surface area contributed by atoms with Crippen molar-refractivity contribution in [2.45, 2.75) is 39.2 Å². The third kappa shape index (κ3) is 9.08. The van der Waals surface area contributed by atoms with Gasteiger partial charge >= 0.3 is 0 Å². The summed E-state index contributed by atoms with van der Waals surface area (Å²) in [7, 11) is 0. The van der Waals surface area contributed by atoms with Gasteiger partial charge in [-0.2, -0.15) is 0 Å². The predicted molar refractivity (Wildman–Crippen MR) is 55.3 cm³/mol. The van der Waals surface area contributed by atoms with Crippen LogP contribution in [0.25, 0.3) is 0 Å². The van der Waals surface area contributed by atoms with E-state index in [-0.39, 0.29) is 5.91 Å². The highest BCUT2D eigenvalue weighted by Gasteiger charge is 2.15. The van der Waals surface area contributed by atoms with Crippen molar-refractivity contribution in [2.75, 3.05) is 6.54 Å². The molecule has 0 radical (unpaired) electrons. The standard InChI is InChI=1S/C10H20N2O/c1-4-5-6-7-12-9(13)8-10(2,3)11/h4-5H,6-8,11H2,1-3H3,(H,12,13)/b5-4+. The van der Waals surface area contributed by atoms with Crippen LogP contribution in [-0.4, -0.2) is 18.0 Å². The Morgan fingerprint density at radius 3 is 2.62 bits per heavy atom. The maximum atomic E-state index is 11.2. The van der Waals surface area contributed by atoms with Crippen molar-refractivity contribution in [3.05, 3.63) is 12.2 Å². The molecule has 0 aromatic heterocycles. The van der Waals surface area contributed by atoms with Crippen LogP contribution in [0, 0.1) is 0 Å². The van der Waals surface area contributed by atoms with Crippen molar-refractivity contribution in [1.82, 2.24) is 5.32 Å². The Kier molecular flexibility index (Phi) is 5.39. The van der Waals surface area contributed by atoms with Gasteiger partial charge in [-0.25, -0.2) is 0 Å². The lowest BCUT2D eigenvalue weighted by Crippen LogP contribution is -2.39. The molecule has 3 heteroatoms. The summed E-state index contributed by atoms with van der Waals surface area (Å²) < 4.78 is 0. The number of nitrogens with two attached hydrogens (primary N) is 1. The summed E-state index contributed by atoms with van der Waals surface area (Å²) in [6.45, 7) is 6.35. The molecule has 13 heavy (non-hydrogen) atoms. The van der Waals surface area contributed by atoms with Crippen LogP contribution in [0.3, 0.4) is 0 Å². The lowest BCUT2D eigenvalue weighted by atomic mass is 10.0. The molecule has 0 aliphatic heterocycles. The quantitative estimate of drug-likeness (QED) is 0.498. The molecule has 0 aromatic rings. The van der Waals surface area contributed by atoms with Crippen LogP contribution in [0.15, 0.2) is 12.2 Å². The van der Waals surface area contributed by atoms with Gasteiger partial charge in [0.2, 0.25) is 5.91 Å². The predicted octanol–water partition coefficient (Wildman–Crippen LogP) is 1.20. The first-order chi connectivity index (χ1) is 5.95. The third-order valence-electron chi connectivity index (χ3n) is 1.49. The molecular weight excluding hydrogens is 164 g/mol. The van der Waals surface area contributed by atoms with Crippen LogP contribution < -0.4 is 11.1 Å². The van der Waals surface area contributed by atoms with E-state index in [1.165, 1.54) is 0 Å². The van der Waals surface area contributed by atoms with E-state index in [9.17, 15) is 4.79 Å². The molecule has 1 amide bonds. The minimum Gasteiger partial charge on any atom is -0.356 e. The maximum Gasteiger partial charge on any atom is 0.221 e. The fraction of sp³-hybridized carbons (Fsp3) is 0.700. The SMILES string of the molecule is C/C=C/CCNC(=O)CC(C)(C)N. The topological polar surface area (TPSA) is 55.1 Å². The first-order valence-corrected chi connectivity index (χ1v) is 4.62. The molecule has 0 aliphatic carbocycles. The lowest BCUT2D eigenvalue weighted by molar-refractivity contribution is -0.121. The summed E-state index contributed by atoms with van der Waals surface area (Å²) in [5.74, 6) is 0.0250. The van der Waals surface area contributed by atoms with Gasteiger partial charge in [0.25, 0.3) is 0 Å². The zero-order chi connectivity index (χ0) is 10.3. The second-order valence-corrected chi connectivity index (χ2v) is 3.87. The van der Waals surface area contributed by atoms with Crippen molar-refractivity contribution in [3.8, 4) is 0 Å². The van der Waals surface area contributed by atoms with Gasteiger partial charge in [-0.05, 0) is 27.2 Å². The number of amides is 1. The Balaban J connectivity index is 3.52. The number of hydrogen-bond acceptors (Lipinski definition) is 2. The van der Waals surface area contributed by atoms with Crippen LogP contribution in [0.5, 0.6) is 0 Å². The fourth-order valence-electron chi connectivity index (χ4n) is 0.938.